The summed E-state index contributed by atoms with van der Waals surface area (Å²) in [6.07, 6.45) is 32.1. The predicted molar refractivity (Wildman–Crippen MR) is 102 cm³/mol. The van der Waals surface area contributed by atoms with Crippen LogP contribution in [0, 0.1) is 0 Å². The van der Waals surface area contributed by atoms with Gasteiger partial charge in [-0.05, 0) is 51.4 Å². The Balaban J connectivity index is 0. The van der Waals surface area contributed by atoms with Crippen molar-refractivity contribution in [1.29, 1.82) is 0 Å². The summed E-state index contributed by atoms with van der Waals surface area (Å²) in [4.78, 5) is 10.2. The third kappa shape index (κ3) is 25.3. The maximum Gasteiger partial charge on any atom is 1.00 e. The molecular weight excluding hydrogens is 319 g/mol. The normalized spacial score (nSPS) is 12.5. The molecule has 0 aliphatic rings. The van der Waals surface area contributed by atoms with Crippen molar-refractivity contribution in [3.05, 3.63) is 72.9 Å². The Hall–Kier alpha value is -1.09. The number of hydrogen-bond acceptors (Lipinski definition) is 2. The van der Waals surface area contributed by atoms with E-state index in [2.05, 4.69) is 67.7 Å². The largest absolute Gasteiger partial charge is 1.00 e. The van der Waals surface area contributed by atoms with Gasteiger partial charge in [-0.15, -0.1) is 0 Å². The van der Waals surface area contributed by atoms with E-state index in [-0.39, 0.29) is 36.0 Å². The molecule has 3 heteroatoms. The molecule has 0 aliphatic carbocycles. The smallest absolute Gasteiger partial charge is 0.550 e. The fourth-order valence-corrected chi connectivity index (χ4v) is 1.84. The van der Waals surface area contributed by atoms with Crippen LogP contribution in [0.1, 0.15) is 58.3 Å². The first kappa shape index (κ1) is 26.1. The minimum absolute atomic E-state index is 0. The third-order valence-corrected chi connectivity index (χ3v) is 3.11. The van der Waals surface area contributed by atoms with Gasteiger partial charge in [-0.2, -0.15) is 0 Å². The number of rotatable bonds is 14. The van der Waals surface area contributed by atoms with E-state index in [9.17, 15) is 9.90 Å². The van der Waals surface area contributed by atoms with Gasteiger partial charge in [0.2, 0.25) is 0 Å². The Morgan fingerprint density at radius 3 is 1.28 bits per heavy atom. The Labute approximate surface area is 176 Å². The van der Waals surface area contributed by atoms with Crippen molar-refractivity contribution in [2.24, 2.45) is 0 Å². The number of carboxylic acid groups (broad SMARTS) is 1. The van der Waals surface area contributed by atoms with E-state index in [0.29, 0.717) is 6.42 Å². The second kappa shape index (κ2) is 22.9. The second-order valence-electron chi connectivity index (χ2n) is 5.33. The number of allylic oxidation sites excluding steroid dienone is 12. The second-order valence-corrected chi connectivity index (χ2v) is 5.33. The molecule has 0 N–H and O–H groups in total. The van der Waals surface area contributed by atoms with Gasteiger partial charge in [-0.25, -0.2) is 0 Å². The van der Waals surface area contributed by atoms with E-state index in [1.807, 2.05) is 12.2 Å². The molecule has 0 bridgehead atoms. The van der Waals surface area contributed by atoms with Crippen molar-refractivity contribution in [1.82, 2.24) is 0 Å². The summed E-state index contributed by atoms with van der Waals surface area (Å²) < 4.78 is 0. The Bertz CT molecular complexity index is 468. The van der Waals surface area contributed by atoms with Gasteiger partial charge < -0.3 is 9.90 Å². The van der Waals surface area contributed by atoms with Gasteiger partial charge >= 0.3 is 29.6 Å². The van der Waals surface area contributed by atoms with Gasteiger partial charge in [0, 0.05) is 5.97 Å². The zero-order valence-electron chi connectivity index (χ0n) is 15.9. The average molecular weight is 350 g/mol. The van der Waals surface area contributed by atoms with E-state index < -0.39 is 5.97 Å². The van der Waals surface area contributed by atoms with Gasteiger partial charge in [0.05, 0.1) is 0 Å². The van der Waals surface area contributed by atoms with Crippen molar-refractivity contribution >= 4 is 5.97 Å². The van der Waals surface area contributed by atoms with Crippen LogP contribution in [0.3, 0.4) is 0 Å². The topological polar surface area (TPSA) is 40.1 Å². The van der Waals surface area contributed by atoms with E-state index >= 15 is 0 Å². The van der Waals surface area contributed by atoms with Crippen LogP contribution < -0.4 is 34.7 Å². The SMILES string of the molecule is CC/C=C/C/C=C/C/C=C/C/C=C/C/C=C/C/C=C/CCC(=O)[O-].[Na+]. The van der Waals surface area contributed by atoms with Crippen LogP contribution >= 0.6 is 0 Å². The number of carboxylic acids is 1. The first-order valence-electron chi connectivity index (χ1n) is 8.87. The molecule has 0 radical (unpaired) electrons. The van der Waals surface area contributed by atoms with E-state index in [1.54, 1.807) is 0 Å². The molecule has 0 aromatic rings. The molecule has 132 valence electrons. The molecule has 0 aromatic heterocycles. The predicted octanol–water partition coefficient (Wildman–Crippen LogP) is 2.22. The van der Waals surface area contributed by atoms with Crippen LogP contribution in [0.25, 0.3) is 0 Å². The summed E-state index contributed by atoms with van der Waals surface area (Å²) in [5.74, 6) is -0.991. The van der Waals surface area contributed by atoms with Crippen molar-refractivity contribution < 1.29 is 39.5 Å². The molecular formula is C22H31NaO2. The van der Waals surface area contributed by atoms with Crippen LogP contribution in [0.2, 0.25) is 0 Å². The van der Waals surface area contributed by atoms with Gasteiger partial charge in [-0.3, -0.25) is 0 Å². The molecule has 0 rings (SSSR count). The monoisotopic (exact) mass is 350 g/mol. The quantitative estimate of drug-likeness (QED) is 0.356. The maximum atomic E-state index is 10.2. The molecule has 0 atom stereocenters. The van der Waals surface area contributed by atoms with E-state index in [0.717, 1.165) is 38.5 Å². The minimum Gasteiger partial charge on any atom is -0.550 e. The van der Waals surface area contributed by atoms with Crippen LogP contribution in [0.4, 0.5) is 0 Å². The number of carbonyl (C=O) groups excluding carboxylic acids is 1. The molecule has 2 nitrogen and oxygen atoms in total. The first-order chi connectivity index (χ1) is 11.8. The number of aliphatic carboxylic acids is 1. The van der Waals surface area contributed by atoms with Crippen LogP contribution in [-0.2, 0) is 4.79 Å². The van der Waals surface area contributed by atoms with E-state index in [4.69, 9.17) is 0 Å². The molecule has 0 aromatic carbocycles. The third-order valence-electron chi connectivity index (χ3n) is 3.11. The molecule has 0 fully saturated rings. The molecule has 0 saturated heterocycles. The molecule has 0 unspecified atom stereocenters. The summed E-state index contributed by atoms with van der Waals surface area (Å²) in [6, 6.07) is 0. The summed E-state index contributed by atoms with van der Waals surface area (Å²) in [5.41, 5.74) is 0. The summed E-state index contributed by atoms with van der Waals surface area (Å²) >= 11 is 0. The molecule has 0 saturated carbocycles. The van der Waals surface area contributed by atoms with Gasteiger partial charge in [0.15, 0.2) is 0 Å². The Morgan fingerprint density at radius 1 is 0.640 bits per heavy atom. The van der Waals surface area contributed by atoms with E-state index in [1.165, 1.54) is 0 Å². The zero-order chi connectivity index (χ0) is 17.7. The fourth-order valence-electron chi connectivity index (χ4n) is 1.84. The minimum atomic E-state index is -0.991. The van der Waals surface area contributed by atoms with Gasteiger partial charge in [0.1, 0.15) is 0 Å². The Morgan fingerprint density at radius 2 is 0.960 bits per heavy atom. The molecule has 25 heavy (non-hydrogen) atoms. The Kier molecular flexibility index (Phi) is 24.0. The number of carbonyl (C=O) groups is 1. The van der Waals surface area contributed by atoms with Crippen molar-refractivity contribution in [3.63, 3.8) is 0 Å². The van der Waals surface area contributed by atoms with Crippen molar-refractivity contribution in [3.8, 4) is 0 Å². The first-order valence-corrected chi connectivity index (χ1v) is 8.87. The average Bonchev–Trinajstić information content (AvgIpc) is 2.56. The van der Waals surface area contributed by atoms with Crippen molar-refractivity contribution in [2.75, 3.05) is 0 Å². The van der Waals surface area contributed by atoms with Gasteiger partial charge in [-0.1, -0.05) is 79.8 Å². The fraction of sp³-hybridized carbons (Fsp3) is 0.409. The number of hydrogen-bond donors (Lipinski definition) is 0. The molecule has 0 heterocycles. The summed E-state index contributed by atoms with van der Waals surface area (Å²) in [5, 5.41) is 10.2. The van der Waals surface area contributed by atoms with Crippen molar-refractivity contribution in [2.45, 2.75) is 58.3 Å². The maximum absolute atomic E-state index is 10.2. The van der Waals surface area contributed by atoms with Crippen LogP contribution in [-0.4, -0.2) is 5.97 Å². The molecule has 0 aliphatic heterocycles. The summed E-state index contributed by atoms with van der Waals surface area (Å²) in [6.45, 7) is 2.15. The van der Waals surface area contributed by atoms with Crippen LogP contribution in [0.5, 0.6) is 0 Å². The molecule has 0 amide bonds. The van der Waals surface area contributed by atoms with Gasteiger partial charge in [0.25, 0.3) is 0 Å². The standard InChI is InChI=1S/C22H32O2.Na/c1-2-3-4-5-6-7-8-9-10-11-12-13-14-15-16-17-18-19-20-21-22(23)24;/h3-4,6-7,9-10,12-13,15-16,18-19H,2,5,8,11,14,17,20-21H2,1H3,(H,23,24);/q;+1/p-1/b4-3+,7-6+,10-9+,13-12+,16-15+,19-18+;. The molecule has 0 spiro atoms. The zero-order valence-corrected chi connectivity index (χ0v) is 17.9. The summed E-state index contributed by atoms with van der Waals surface area (Å²) in [7, 11) is 0. The van der Waals surface area contributed by atoms with Crippen LogP contribution in [0.15, 0.2) is 72.9 Å².